The average molecular weight is 281 g/mol. The Morgan fingerprint density at radius 2 is 1.21 bits per heavy atom. The molecule has 0 aromatic heterocycles. The van der Waals surface area contributed by atoms with Crippen LogP contribution in [0.4, 0.5) is 0 Å². The van der Waals surface area contributed by atoms with Crippen LogP contribution in [-0.2, 0) is 19.2 Å². The van der Waals surface area contributed by atoms with Crippen molar-refractivity contribution in [2.75, 3.05) is 0 Å². The van der Waals surface area contributed by atoms with Gasteiger partial charge in [0.2, 0.25) is 11.8 Å². The number of hydrogen-bond donors (Lipinski definition) is 2. The van der Waals surface area contributed by atoms with Crippen LogP contribution < -0.4 is 20.8 Å². The fraction of sp³-hybridized carbons (Fsp3) is 0.600. The summed E-state index contributed by atoms with van der Waals surface area (Å²) in [7, 11) is 0. The fourth-order valence-corrected chi connectivity index (χ4v) is 1.58. The monoisotopic (exact) mass is 280 g/mol. The largest absolute Gasteiger partial charge is 2.00 e. The second kappa shape index (κ2) is 7.95. The molecular weight excluding hydrogens is 268 g/mol. The van der Waals surface area contributed by atoms with Crippen LogP contribution in [-0.4, -0.2) is 58.9 Å². The maximum atomic E-state index is 10.4. The van der Waals surface area contributed by atoms with Gasteiger partial charge in [0.25, 0.3) is 0 Å². The van der Waals surface area contributed by atoms with Crippen LogP contribution in [0.1, 0.15) is 25.7 Å². The maximum Gasteiger partial charge on any atom is 2.00 e. The van der Waals surface area contributed by atoms with E-state index in [1.165, 1.54) is 0 Å². The number of carbonyl (C=O) groups is 4. The molecule has 2 saturated heterocycles. The summed E-state index contributed by atoms with van der Waals surface area (Å²) in [5.41, 5.74) is 0. The first-order valence-electron chi connectivity index (χ1n) is 5.40. The summed E-state index contributed by atoms with van der Waals surface area (Å²) in [6.45, 7) is 0. The van der Waals surface area contributed by atoms with Crippen molar-refractivity contribution in [2.45, 2.75) is 37.8 Å². The summed E-state index contributed by atoms with van der Waals surface area (Å²) in [4.78, 5) is 40.8. The van der Waals surface area contributed by atoms with Gasteiger partial charge in [-0.2, -0.15) is 0 Å². The van der Waals surface area contributed by atoms with Crippen molar-refractivity contribution in [1.29, 1.82) is 0 Å². The first-order valence-corrected chi connectivity index (χ1v) is 5.40. The summed E-state index contributed by atoms with van der Waals surface area (Å²) in [6, 6.07) is -1.50. The minimum atomic E-state index is -1.19. The number of nitrogens with one attached hydrogen (secondary N) is 2. The molecule has 0 aliphatic carbocycles. The summed E-state index contributed by atoms with van der Waals surface area (Å²) < 4.78 is 0. The van der Waals surface area contributed by atoms with Crippen molar-refractivity contribution < 1.29 is 29.4 Å². The molecule has 0 aromatic rings. The number of rotatable bonds is 2. The van der Waals surface area contributed by atoms with E-state index >= 15 is 0 Å². The second-order valence-corrected chi connectivity index (χ2v) is 3.96. The van der Waals surface area contributed by atoms with Gasteiger partial charge in [-0.05, 0) is 12.8 Å². The van der Waals surface area contributed by atoms with Gasteiger partial charge in [-0.15, -0.1) is 0 Å². The number of carbonyl (C=O) groups excluding carboxylic acids is 4. The fourth-order valence-electron chi connectivity index (χ4n) is 1.58. The van der Waals surface area contributed by atoms with Crippen LogP contribution in [0, 0.1) is 0 Å². The standard InChI is InChI=1S/2C5H7NO3.Mg/c2*7-4-2-1-3(6-4)5(8)9;/h2*3H,1-2H2,(H,6,7)(H,8,9);/q;;+2/p-2/t2*3-;/m00./s1. The Morgan fingerprint density at radius 1 is 0.895 bits per heavy atom. The number of carboxylic acid groups (broad SMARTS) is 2. The van der Waals surface area contributed by atoms with Gasteiger partial charge in [-0.1, -0.05) is 0 Å². The van der Waals surface area contributed by atoms with Gasteiger partial charge in [0.1, 0.15) is 0 Å². The topological polar surface area (TPSA) is 138 Å². The molecule has 2 aliphatic rings. The van der Waals surface area contributed by atoms with E-state index < -0.39 is 24.0 Å². The Labute approximate surface area is 125 Å². The van der Waals surface area contributed by atoms with E-state index in [-0.39, 0.29) is 34.9 Å². The van der Waals surface area contributed by atoms with Gasteiger partial charge in [0.05, 0.1) is 24.0 Å². The maximum absolute atomic E-state index is 10.4. The molecule has 9 heteroatoms. The van der Waals surface area contributed by atoms with Crippen LogP contribution in [0.25, 0.3) is 0 Å². The molecule has 0 bridgehead atoms. The minimum Gasteiger partial charge on any atom is -0.548 e. The minimum absolute atomic E-state index is 0. The molecule has 2 N–H and O–H groups in total. The summed E-state index contributed by atoms with van der Waals surface area (Å²) in [5, 5.41) is 24.5. The zero-order valence-electron chi connectivity index (χ0n) is 10.1. The Kier molecular flexibility index (Phi) is 7.38. The van der Waals surface area contributed by atoms with Gasteiger partial charge in [-0.25, -0.2) is 0 Å². The molecule has 2 atom stereocenters. The Morgan fingerprint density at radius 3 is 1.32 bits per heavy atom. The molecule has 0 unspecified atom stereocenters. The number of aliphatic carboxylic acids is 2. The van der Waals surface area contributed by atoms with Crippen LogP contribution in [0.3, 0.4) is 0 Å². The number of hydrogen-bond acceptors (Lipinski definition) is 6. The van der Waals surface area contributed by atoms with Crippen LogP contribution in [0.2, 0.25) is 0 Å². The normalized spacial score (nSPS) is 24.4. The Balaban J connectivity index is 0.000000324. The van der Waals surface area contributed by atoms with E-state index in [1.54, 1.807) is 0 Å². The van der Waals surface area contributed by atoms with Gasteiger partial charge in [-0.3, -0.25) is 9.59 Å². The SMILES string of the molecule is O=C1CC[C@@H](C(=O)[O-])N1.O=C1CC[C@@H](C(=O)[O-])N1.[Mg+2]. The third-order valence-corrected chi connectivity index (χ3v) is 2.56. The molecule has 0 saturated carbocycles. The van der Waals surface area contributed by atoms with Gasteiger partial charge < -0.3 is 30.4 Å². The summed E-state index contributed by atoms with van der Waals surface area (Å²) in [6.07, 6.45) is 1.33. The van der Waals surface area contributed by atoms with Crippen molar-refractivity contribution >= 4 is 46.8 Å². The van der Waals surface area contributed by atoms with E-state index in [2.05, 4.69) is 10.6 Å². The molecule has 2 fully saturated rings. The Bertz CT molecular complexity index is 350. The summed E-state index contributed by atoms with van der Waals surface area (Å²) >= 11 is 0. The van der Waals surface area contributed by atoms with Gasteiger partial charge >= 0.3 is 23.1 Å². The van der Waals surface area contributed by atoms with E-state index in [0.717, 1.165) is 0 Å². The average Bonchev–Trinajstić information content (AvgIpc) is 2.88. The third kappa shape index (κ3) is 5.88. The van der Waals surface area contributed by atoms with Crippen molar-refractivity contribution in [3.05, 3.63) is 0 Å². The predicted octanol–water partition coefficient (Wildman–Crippen LogP) is -4.35. The molecule has 19 heavy (non-hydrogen) atoms. The molecule has 2 aliphatic heterocycles. The van der Waals surface area contributed by atoms with Gasteiger partial charge in [0.15, 0.2) is 0 Å². The van der Waals surface area contributed by atoms with Crippen molar-refractivity contribution in [2.24, 2.45) is 0 Å². The van der Waals surface area contributed by atoms with Crippen molar-refractivity contribution in [3.8, 4) is 0 Å². The first-order chi connectivity index (χ1) is 8.40. The molecule has 2 amide bonds. The molecule has 2 heterocycles. The quantitative estimate of drug-likeness (QED) is 0.490. The molecular formula is C10H12MgN2O6. The second-order valence-electron chi connectivity index (χ2n) is 3.96. The smallest absolute Gasteiger partial charge is 0.548 e. The van der Waals surface area contributed by atoms with E-state index in [0.29, 0.717) is 25.7 Å². The van der Waals surface area contributed by atoms with E-state index in [1.807, 2.05) is 0 Å². The van der Waals surface area contributed by atoms with Crippen molar-refractivity contribution in [3.63, 3.8) is 0 Å². The van der Waals surface area contributed by atoms with Crippen molar-refractivity contribution in [1.82, 2.24) is 10.6 Å². The predicted molar refractivity (Wildman–Crippen MR) is 58.1 cm³/mol. The number of carboxylic acids is 2. The molecule has 100 valence electrons. The summed E-state index contributed by atoms with van der Waals surface area (Å²) in [5.74, 6) is -2.80. The molecule has 2 rings (SSSR count). The third-order valence-electron chi connectivity index (χ3n) is 2.56. The van der Waals surface area contributed by atoms with Gasteiger partial charge in [0, 0.05) is 12.8 Å². The molecule has 0 aromatic carbocycles. The zero-order chi connectivity index (χ0) is 13.7. The molecule has 0 spiro atoms. The van der Waals surface area contributed by atoms with Crippen LogP contribution in [0.5, 0.6) is 0 Å². The molecule has 0 radical (unpaired) electrons. The molecule has 8 nitrogen and oxygen atoms in total. The van der Waals surface area contributed by atoms with E-state index in [4.69, 9.17) is 0 Å². The Hall–Kier alpha value is -1.35. The van der Waals surface area contributed by atoms with Crippen LogP contribution >= 0.6 is 0 Å². The van der Waals surface area contributed by atoms with Crippen LogP contribution in [0.15, 0.2) is 0 Å². The first kappa shape index (κ1) is 17.6. The zero-order valence-corrected chi connectivity index (χ0v) is 11.6. The van der Waals surface area contributed by atoms with E-state index in [9.17, 15) is 29.4 Å². The number of amides is 2.